The highest BCUT2D eigenvalue weighted by atomic mass is 79.9. The van der Waals surface area contributed by atoms with Crippen molar-refractivity contribution in [3.05, 3.63) is 48.9 Å². The van der Waals surface area contributed by atoms with E-state index in [1.54, 1.807) is 18.2 Å². The van der Waals surface area contributed by atoms with Gasteiger partial charge in [-0.15, -0.1) is 0 Å². The Morgan fingerprint density at radius 1 is 1.25 bits per heavy atom. The number of nitrogens with one attached hydrogen (secondary N) is 1. The Labute approximate surface area is 185 Å². The van der Waals surface area contributed by atoms with Crippen LogP contribution in [0.3, 0.4) is 0 Å². The van der Waals surface area contributed by atoms with E-state index in [2.05, 4.69) is 42.4 Å². The second-order valence-electron chi connectivity index (χ2n) is 5.81. The number of hydrazone groups is 1. The molecule has 28 heavy (non-hydrogen) atoms. The van der Waals surface area contributed by atoms with Gasteiger partial charge in [0.05, 0.1) is 21.8 Å². The maximum Gasteiger partial charge on any atom is 0.277 e. The van der Waals surface area contributed by atoms with Crippen molar-refractivity contribution < 1.29 is 19.4 Å². The third-order valence-electron chi connectivity index (χ3n) is 3.68. The van der Waals surface area contributed by atoms with Gasteiger partial charge in [0.1, 0.15) is 5.75 Å². The Hall–Kier alpha value is -1.77. The van der Waals surface area contributed by atoms with Gasteiger partial charge in [0, 0.05) is 5.02 Å². The average Bonchev–Trinajstić information content (AvgIpc) is 2.66. The van der Waals surface area contributed by atoms with Crippen LogP contribution in [0, 0.1) is 13.8 Å². The van der Waals surface area contributed by atoms with Gasteiger partial charge < -0.3 is 14.6 Å². The molecule has 2 aromatic rings. The molecule has 0 heterocycles. The van der Waals surface area contributed by atoms with Gasteiger partial charge in [-0.2, -0.15) is 5.10 Å². The zero-order valence-corrected chi connectivity index (χ0v) is 19.4. The number of aryl methyl sites for hydroxylation is 1. The lowest BCUT2D eigenvalue weighted by atomic mass is 10.1. The van der Waals surface area contributed by atoms with Crippen molar-refractivity contribution in [1.29, 1.82) is 0 Å². The van der Waals surface area contributed by atoms with E-state index in [1.807, 2.05) is 20.8 Å². The summed E-state index contributed by atoms with van der Waals surface area (Å²) >= 11 is 12.9. The van der Waals surface area contributed by atoms with Crippen molar-refractivity contribution in [2.75, 3.05) is 13.2 Å². The Bertz CT molecular complexity index is 920. The summed E-state index contributed by atoms with van der Waals surface area (Å²) in [6.07, 6.45) is 1.44. The minimum atomic E-state index is -0.420. The van der Waals surface area contributed by atoms with Crippen molar-refractivity contribution in [2.45, 2.75) is 20.8 Å². The highest BCUT2D eigenvalue weighted by Crippen LogP contribution is 2.36. The highest BCUT2D eigenvalue weighted by molar-refractivity contribution is 9.11. The van der Waals surface area contributed by atoms with Crippen LogP contribution in [0.1, 0.15) is 23.6 Å². The molecule has 2 N–H and O–H groups in total. The van der Waals surface area contributed by atoms with E-state index in [0.29, 0.717) is 37.6 Å². The maximum absolute atomic E-state index is 12.0. The first kappa shape index (κ1) is 22.5. The van der Waals surface area contributed by atoms with E-state index in [0.717, 1.165) is 11.1 Å². The topological polar surface area (TPSA) is 80.2 Å². The average molecular weight is 535 g/mol. The van der Waals surface area contributed by atoms with Gasteiger partial charge in [0.25, 0.3) is 5.91 Å². The van der Waals surface area contributed by atoms with E-state index in [9.17, 15) is 9.90 Å². The Morgan fingerprint density at radius 3 is 2.64 bits per heavy atom. The molecule has 0 saturated carbocycles. The predicted molar refractivity (Wildman–Crippen MR) is 117 cm³/mol. The van der Waals surface area contributed by atoms with E-state index in [4.69, 9.17) is 21.1 Å². The number of carbonyl (C=O) groups excluding carboxylic acids is 1. The number of halogens is 3. The van der Waals surface area contributed by atoms with Gasteiger partial charge in [0.2, 0.25) is 0 Å². The number of aromatic hydroxyl groups is 1. The summed E-state index contributed by atoms with van der Waals surface area (Å²) in [7, 11) is 0. The van der Waals surface area contributed by atoms with E-state index in [-0.39, 0.29) is 12.4 Å². The molecule has 2 aromatic carbocycles. The molecule has 0 spiro atoms. The van der Waals surface area contributed by atoms with Crippen LogP contribution in [0.4, 0.5) is 0 Å². The molecule has 6 nitrogen and oxygen atoms in total. The Balaban J connectivity index is 1.98. The van der Waals surface area contributed by atoms with Crippen LogP contribution in [-0.4, -0.2) is 30.4 Å². The molecule has 0 saturated heterocycles. The molecule has 9 heteroatoms. The lowest BCUT2D eigenvalue weighted by molar-refractivity contribution is -0.123. The van der Waals surface area contributed by atoms with Gasteiger partial charge in [-0.25, -0.2) is 5.43 Å². The molecule has 0 bridgehead atoms. The molecule has 0 atom stereocenters. The van der Waals surface area contributed by atoms with Crippen molar-refractivity contribution in [3.8, 4) is 17.2 Å². The Morgan fingerprint density at radius 2 is 1.96 bits per heavy atom. The van der Waals surface area contributed by atoms with Gasteiger partial charge >= 0.3 is 0 Å². The van der Waals surface area contributed by atoms with E-state index < -0.39 is 5.91 Å². The summed E-state index contributed by atoms with van der Waals surface area (Å²) in [6, 6.07) is 5.03. The van der Waals surface area contributed by atoms with Crippen molar-refractivity contribution >= 4 is 55.6 Å². The number of hydrogen-bond donors (Lipinski definition) is 2. The lowest BCUT2D eigenvalue weighted by Crippen LogP contribution is -2.24. The number of rotatable bonds is 7. The number of benzene rings is 2. The van der Waals surface area contributed by atoms with Crippen LogP contribution in [-0.2, 0) is 4.79 Å². The minimum absolute atomic E-state index is 0.00978. The lowest BCUT2D eigenvalue weighted by Gasteiger charge is -2.12. The number of amides is 1. The van der Waals surface area contributed by atoms with Crippen LogP contribution in [0.15, 0.2) is 32.2 Å². The zero-order chi connectivity index (χ0) is 20.8. The molecule has 0 radical (unpaired) electrons. The fraction of sp³-hybridized carbons (Fsp3) is 0.263. The third kappa shape index (κ3) is 5.62. The van der Waals surface area contributed by atoms with Crippen molar-refractivity contribution in [3.63, 3.8) is 0 Å². The number of ether oxygens (including phenoxy) is 2. The Kier molecular flexibility index (Phi) is 8.15. The number of hydrogen-bond acceptors (Lipinski definition) is 5. The number of carbonyl (C=O) groups is 1. The molecular weight excluding hydrogens is 515 g/mol. The first-order valence-corrected chi connectivity index (χ1v) is 10.3. The summed E-state index contributed by atoms with van der Waals surface area (Å²) in [6.45, 7) is 5.75. The summed E-state index contributed by atoms with van der Waals surface area (Å²) < 4.78 is 12.1. The second-order valence-corrected chi connectivity index (χ2v) is 7.83. The van der Waals surface area contributed by atoms with Gasteiger partial charge in [0.15, 0.2) is 18.1 Å². The van der Waals surface area contributed by atoms with Crippen LogP contribution >= 0.6 is 43.5 Å². The molecule has 0 aromatic heterocycles. The van der Waals surface area contributed by atoms with Crippen LogP contribution in [0.5, 0.6) is 17.2 Å². The van der Waals surface area contributed by atoms with Gasteiger partial charge in [-0.3, -0.25) is 4.79 Å². The van der Waals surface area contributed by atoms with Crippen molar-refractivity contribution in [1.82, 2.24) is 5.43 Å². The zero-order valence-electron chi connectivity index (χ0n) is 15.5. The molecule has 0 aliphatic carbocycles. The molecule has 0 fully saturated rings. The fourth-order valence-electron chi connectivity index (χ4n) is 2.29. The number of phenolic OH excluding ortho intramolecular Hbond substituents is 1. The molecule has 0 aliphatic rings. The standard InChI is InChI=1S/C19H19Br2ClN2O4/c1-4-27-15-7-12(6-13(20)19(15)26)8-23-24-16(25)9-28-14-5-10(2)18(22)11(3)17(14)21/h5-8,26H,4,9H2,1-3H3,(H,24,25)/b23-8+. The molecule has 2 rings (SSSR count). The number of phenols is 1. The smallest absolute Gasteiger partial charge is 0.277 e. The molecule has 0 unspecified atom stereocenters. The van der Waals surface area contributed by atoms with Crippen LogP contribution in [0.2, 0.25) is 5.02 Å². The molecule has 0 aliphatic heterocycles. The summed E-state index contributed by atoms with van der Waals surface area (Å²) in [5.41, 5.74) is 4.74. The molecule has 1 amide bonds. The van der Waals surface area contributed by atoms with Crippen molar-refractivity contribution in [2.24, 2.45) is 5.10 Å². The summed E-state index contributed by atoms with van der Waals surface area (Å²) in [5, 5.41) is 14.5. The quantitative estimate of drug-likeness (QED) is 0.382. The largest absolute Gasteiger partial charge is 0.503 e. The minimum Gasteiger partial charge on any atom is -0.503 e. The fourth-order valence-corrected chi connectivity index (χ4v) is 3.44. The van der Waals surface area contributed by atoms with Gasteiger partial charge in [-0.1, -0.05) is 11.6 Å². The van der Waals surface area contributed by atoms with Gasteiger partial charge in [-0.05, 0) is 87.5 Å². The predicted octanol–water partition coefficient (Wildman–Crippen LogP) is 5.12. The first-order chi connectivity index (χ1) is 13.2. The first-order valence-electron chi connectivity index (χ1n) is 8.29. The monoisotopic (exact) mass is 532 g/mol. The third-order valence-corrected chi connectivity index (χ3v) is 5.85. The van der Waals surface area contributed by atoms with Crippen LogP contribution < -0.4 is 14.9 Å². The molecular formula is C19H19Br2ClN2O4. The highest BCUT2D eigenvalue weighted by Gasteiger charge is 2.12. The maximum atomic E-state index is 12.0. The van der Waals surface area contributed by atoms with E-state index in [1.165, 1.54) is 6.21 Å². The SMILES string of the molecule is CCOc1cc(/C=N/NC(=O)COc2cc(C)c(Cl)c(C)c2Br)cc(Br)c1O. The summed E-state index contributed by atoms with van der Waals surface area (Å²) in [5.74, 6) is 0.445. The second kappa shape index (κ2) is 10.1. The van der Waals surface area contributed by atoms with Crippen LogP contribution in [0.25, 0.3) is 0 Å². The number of nitrogens with zero attached hydrogens (tertiary/aromatic N) is 1. The van der Waals surface area contributed by atoms with E-state index >= 15 is 0 Å². The normalized spacial score (nSPS) is 10.9. The summed E-state index contributed by atoms with van der Waals surface area (Å²) in [4.78, 5) is 12.0. The molecule has 150 valence electrons.